The van der Waals surface area contributed by atoms with Crippen LogP contribution in [0.2, 0.25) is 0 Å². The first kappa shape index (κ1) is 14.4. The highest BCUT2D eigenvalue weighted by atomic mass is 32.1. The molecule has 2 aromatic rings. The maximum Gasteiger partial charge on any atom is 0.175 e. The summed E-state index contributed by atoms with van der Waals surface area (Å²) in [5, 5.41) is 6.10. The lowest BCUT2D eigenvalue weighted by Gasteiger charge is -2.11. The van der Waals surface area contributed by atoms with E-state index in [1.54, 1.807) is 0 Å². The van der Waals surface area contributed by atoms with Crippen molar-refractivity contribution in [2.24, 2.45) is 0 Å². The summed E-state index contributed by atoms with van der Waals surface area (Å²) in [5.74, 6) is -1.80. The second-order valence-electron chi connectivity index (χ2n) is 4.26. The van der Waals surface area contributed by atoms with Crippen LogP contribution in [0.25, 0.3) is 0 Å². The molecule has 2 rings (SSSR count). The molecule has 0 spiro atoms. The van der Waals surface area contributed by atoms with Gasteiger partial charge in [0.15, 0.2) is 16.7 Å². The maximum absolute atomic E-state index is 13.1. The van der Waals surface area contributed by atoms with Crippen LogP contribution >= 0.6 is 12.2 Å². The van der Waals surface area contributed by atoms with Gasteiger partial charge in [0.1, 0.15) is 0 Å². The number of benzene rings is 2. The van der Waals surface area contributed by atoms with Gasteiger partial charge >= 0.3 is 0 Å². The number of anilines is 2. The third-order valence-corrected chi connectivity index (χ3v) is 3.00. The minimum absolute atomic E-state index is 0.320. The molecule has 0 aromatic heterocycles. The van der Waals surface area contributed by atoms with E-state index in [-0.39, 0.29) is 0 Å². The fourth-order valence-corrected chi connectivity index (χ4v) is 1.93. The average Bonchev–Trinajstić information content (AvgIpc) is 2.44. The van der Waals surface area contributed by atoms with Crippen molar-refractivity contribution in [3.05, 3.63) is 59.7 Å². The predicted octanol–water partition coefficient (Wildman–Crippen LogP) is 4.34. The van der Waals surface area contributed by atoms with Crippen LogP contribution in [0.1, 0.15) is 12.5 Å². The van der Waals surface area contributed by atoms with Gasteiger partial charge in [-0.15, -0.1) is 0 Å². The molecule has 0 radical (unpaired) electrons. The topological polar surface area (TPSA) is 24.1 Å². The van der Waals surface area contributed by atoms with Gasteiger partial charge in [-0.25, -0.2) is 8.78 Å². The van der Waals surface area contributed by atoms with Gasteiger partial charge in [0.25, 0.3) is 0 Å². The minimum Gasteiger partial charge on any atom is -0.332 e. The van der Waals surface area contributed by atoms with Crippen LogP contribution in [0.4, 0.5) is 20.2 Å². The maximum atomic E-state index is 13.1. The molecule has 0 fully saturated rings. The highest BCUT2D eigenvalue weighted by Gasteiger charge is 2.04. The molecular weight excluding hydrogens is 278 g/mol. The Hall–Kier alpha value is -2.01. The van der Waals surface area contributed by atoms with Crippen LogP contribution < -0.4 is 10.6 Å². The Bertz CT molecular complexity index is 612. The van der Waals surface area contributed by atoms with Gasteiger partial charge in [0.2, 0.25) is 0 Å². The summed E-state index contributed by atoms with van der Waals surface area (Å²) < 4.78 is 25.9. The van der Waals surface area contributed by atoms with E-state index in [0.29, 0.717) is 10.8 Å². The molecule has 5 heteroatoms. The van der Waals surface area contributed by atoms with Crippen LogP contribution in [0.5, 0.6) is 0 Å². The molecule has 20 heavy (non-hydrogen) atoms. The van der Waals surface area contributed by atoms with Crippen molar-refractivity contribution < 1.29 is 8.78 Å². The first-order valence-corrected chi connectivity index (χ1v) is 6.61. The lowest BCUT2D eigenvalue weighted by molar-refractivity contribution is 0.509. The molecule has 2 aromatic carbocycles. The molecule has 0 atom stereocenters. The summed E-state index contributed by atoms with van der Waals surface area (Å²) in [6.07, 6.45) is 0.970. The van der Waals surface area contributed by atoms with Crippen LogP contribution in [0, 0.1) is 11.6 Å². The smallest absolute Gasteiger partial charge is 0.175 e. The molecule has 0 aliphatic rings. The third-order valence-electron chi connectivity index (χ3n) is 2.80. The first-order valence-electron chi connectivity index (χ1n) is 6.20. The van der Waals surface area contributed by atoms with E-state index in [0.717, 1.165) is 24.2 Å². The molecule has 0 saturated carbocycles. The van der Waals surface area contributed by atoms with E-state index in [9.17, 15) is 8.78 Å². The summed E-state index contributed by atoms with van der Waals surface area (Å²) in [7, 11) is 0. The van der Waals surface area contributed by atoms with Crippen molar-refractivity contribution in [1.29, 1.82) is 0 Å². The quantitative estimate of drug-likeness (QED) is 0.823. The van der Waals surface area contributed by atoms with Gasteiger partial charge in [-0.2, -0.15) is 0 Å². The lowest BCUT2D eigenvalue weighted by atomic mass is 10.1. The summed E-state index contributed by atoms with van der Waals surface area (Å²) in [6, 6.07) is 11.4. The van der Waals surface area contributed by atoms with E-state index in [2.05, 4.69) is 17.6 Å². The highest BCUT2D eigenvalue weighted by molar-refractivity contribution is 7.80. The summed E-state index contributed by atoms with van der Waals surface area (Å²) in [5.41, 5.74) is 2.46. The molecule has 0 bridgehead atoms. The zero-order valence-electron chi connectivity index (χ0n) is 10.9. The summed E-state index contributed by atoms with van der Waals surface area (Å²) >= 11 is 5.12. The number of halogens is 2. The second-order valence-corrected chi connectivity index (χ2v) is 4.67. The predicted molar refractivity (Wildman–Crippen MR) is 82.0 cm³/mol. The summed E-state index contributed by atoms with van der Waals surface area (Å²) in [4.78, 5) is 0. The first-order chi connectivity index (χ1) is 9.58. The Morgan fingerprint density at radius 2 is 1.55 bits per heavy atom. The Kier molecular flexibility index (Phi) is 4.63. The molecule has 0 unspecified atom stereocenters. The van der Waals surface area contributed by atoms with Crippen LogP contribution in [0.3, 0.4) is 0 Å². The van der Waals surface area contributed by atoms with E-state index >= 15 is 0 Å². The Morgan fingerprint density at radius 3 is 2.15 bits per heavy atom. The van der Waals surface area contributed by atoms with Crippen LogP contribution in [-0.4, -0.2) is 5.11 Å². The third kappa shape index (κ3) is 3.74. The zero-order chi connectivity index (χ0) is 14.5. The van der Waals surface area contributed by atoms with E-state index in [4.69, 9.17) is 12.2 Å². The number of nitrogens with one attached hydrogen (secondary N) is 2. The number of hydrogen-bond acceptors (Lipinski definition) is 1. The van der Waals surface area contributed by atoms with Gasteiger partial charge in [0.05, 0.1) is 0 Å². The fraction of sp³-hybridized carbons (Fsp3) is 0.133. The number of hydrogen-bond donors (Lipinski definition) is 2. The Morgan fingerprint density at radius 1 is 0.950 bits per heavy atom. The second kappa shape index (κ2) is 6.43. The molecule has 104 valence electrons. The monoisotopic (exact) mass is 292 g/mol. The van der Waals surface area contributed by atoms with Gasteiger partial charge in [0, 0.05) is 17.4 Å². The summed E-state index contributed by atoms with van der Waals surface area (Å²) in [6.45, 7) is 2.08. The van der Waals surface area contributed by atoms with Crippen molar-refractivity contribution in [2.75, 3.05) is 10.6 Å². The number of rotatable bonds is 3. The van der Waals surface area contributed by atoms with Crippen molar-refractivity contribution in [1.82, 2.24) is 0 Å². The van der Waals surface area contributed by atoms with Gasteiger partial charge in [-0.1, -0.05) is 19.1 Å². The molecule has 0 aliphatic carbocycles. The Labute approximate surface area is 121 Å². The van der Waals surface area contributed by atoms with Gasteiger partial charge in [-0.05, 0) is 48.5 Å². The van der Waals surface area contributed by atoms with Crippen molar-refractivity contribution in [3.8, 4) is 0 Å². The molecule has 2 nitrogen and oxygen atoms in total. The number of aryl methyl sites for hydroxylation is 1. The SMILES string of the molecule is CCc1ccc(NC(=S)Nc2ccc(F)c(F)c2)cc1. The molecule has 0 aliphatic heterocycles. The highest BCUT2D eigenvalue weighted by Crippen LogP contribution is 2.14. The van der Waals surface area contributed by atoms with Crippen LogP contribution in [-0.2, 0) is 6.42 Å². The van der Waals surface area contributed by atoms with Crippen molar-refractivity contribution in [2.45, 2.75) is 13.3 Å². The normalized spacial score (nSPS) is 10.2. The molecule has 2 N–H and O–H groups in total. The van der Waals surface area contributed by atoms with E-state index < -0.39 is 11.6 Å². The largest absolute Gasteiger partial charge is 0.332 e. The zero-order valence-corrected chi connectivity index (χ0v) is 11.7. The minimum atomic E-state index is -0.912. The Balaban J connectivity index is 1.99. The van der Waals surface area contributed by atoms with Gasteiger partial charge < -0.3 is 10.6 Å². The fourth-order valence-electron chi connectivity index (χ4n) is 1.69. The van der Waals surface area contributed by atoms with Crippen molar-refractivity contribution >= 4 is 28.7 Å². The standard InChI is InChI=1S/C15H14F2N2S/c1-2-10-3-5-11(6-4-10)18-15(20)19-12-7-8-13(16)14(17)9-12/h3-9H,2H2,1H3,(H2,18,19,20). The molecular formula is C15H14F2N2S. The molecule has 0 saturated heterocycles. The van der Waals surface area contributed by atoms with Crippen molar-refractivity contribution in [3.63, 3.8) is 0 Å². The van der Waals surface area contributed by atoms with Crippen LogP contribution in [0.15, 0.2) is 42.5 Å². The lowest BCUT2D eigenvalue weighted by Crippen LogP contribution is -2.19. The van der Waals surface area contributed by atoms with E-state index in [1.165, 1.54) is 11.6 Å². The average molecular weight is 292 g/mol. The number of thiocarbonyl (C=S) groups is 1. The van der Waals surface area contributed by atoms with E-state index in [1.807, 2.05) is 24.3 Å². The van der Waals surface area contributed by atoms with Gasteiger partial charge in [-0.3, -0.25) is 0 Å². The molecule has 0 heterocycles. The molecule has 0 amide bonds.